The van der Waals surface area contributed by atoms with Gasteiger partial charge in [0.1, 0.15) is 0 Å². The highest BCUT2D eigenvalue weighted by molar-refractivity contribution is 6.06. The zero-order chi connectivity index (χ0) is 16.0. The number of fused-ring (bicyclic) bond motifs is 1. The highest BCUT2D eigenvalue weighted by Gasteiger charge is 2.31. The molecule has 2 fully saturated rings. The third-order valence-electron chi connectivity index (χ3n) is 5.12. The molecule has 0 bridgehead atoms. The summed E-state index contributed by atoms with van der Waals surface area (Å²) in [6, 6.07) is 8.41. The fraction of sp³-hybridized carbons (Fsp3) is 0.474. The molecule has 1 aliphatic carbocycles. The number of hydrogen-bond donors (Lipinski definition) is 1. The first-order valence-electron chi connectivity index (χ1n) is 8.59. The van der Waals surface area contributed by atoms with Gasteiger partial charge in [0.15, 0.2) is 0 Å². The maximum Gasteiger partial charge on any atom is 0.254 e. The molecule has 1 saturated carbocycles. The van der Waals surface area contributed by atoms with Crippen molar-refractivity contribution in [1.29, 1.82) is 0 Å². The van der Waals surface area contributed by atoms with Crippen LogP contribution in [0.15, 0.2) is 24.3 Å². The van der Waals surface area contributed by atoms with E-state index in [4.69, 9.17) is 10.7 Å². The van der Waals surface area contributed by atoms with Crippen molar-refractivity contribution in [2.24, 2.45) is 5.73 Å². The number of amides is 1. The van der Waals surface area contributed by atoms with Crippen LogP contribution in [0.1, 0.15) is 53.2 Å². The smallest absolute Gasteiger partial charge is 0.254 e. The highest BCUT2D eigenvalue weighted by Crippen LogP contribution is 2.40. The van der Waals surface area contributed by atoms with E-state index in [-0.39, 0.29) is 36.8 Å². The van der Waals surface area contributed by atoms with Gasteiger partial charge in [-0.1, -0.05) is 11.6 Å². The number of halogens is 2. The number of hydrogen-bond acceptors (Lipinski definition) is 3. The van der Waals surface area contributed by atoms with Crippen LogP contribution in [-0.2, 0) is 0 Å². The van der Waals surface area contributed by atoms with E-state index in [9.17, 15) is 4.79 Å². The monoisotopic (exact) mass is 381 g/mol. The Hall–Kier alpha value is -1.36. The first kappa shape index (κ1) is 20.0. The Kier molecular flexibility index (Phi) is 6.30. The largest absolute Gasteiger partial charge is 0.334 e. The Morgan fingerprint density at radius 1 is 1.24 bits per heavy atom. The molecule has 1 unspecified atom stereocenters. The van der Waals surface area contributed by atoms with Crippen molar-refractivity contribution in [3.05, 3.63) is 41.1 Å². The van der Waals surface area contributed by atoms with Crippen LogP contribution >= 0.6 is 24.8 Å². The predicted molar refractivity (Wildman–Crippen MR) is 106 cm³/mol. The molecule has 1 atom stereocenters. The third-order valence-corrected chi connectivity index (χ3v) is 5.12. The van der Waals surface area contributed by atoms with E-state index in [0.29, 0.717) is 12.5 Å². The molecule has 4 rings (SSSR count). The number of nitrogens with zero attached hydrogens (tertiary/aromatic N) is 2. The molecule has 1 amide bonds. The summed E-state index contributed by atoms with van der Waals surface area (Å²) in [6.07, 6.45) is 4.44. The van der Waals surface area contributed by atoms with Crippen molar-refractivity contribution < 1.29 is 4.79 Å². The van der Waals surface area contributed by atoms with E-state index >= 15 is 0 Å². The van der Waals surface area contributed by atoms with Crippen LogP contribution < -0.4 is 5.73 Å². The van der Waals surface area contributed by atoms with Gasteiger partial charge in [-0.25, -0.2) is 0 Å². The van der Waals surface area contributed by atoms with E-state index in [1.165, 1.54) is 12.8 Å². The Morgan fingerprint density at radius 3 is 2.68 bits per heavy atom. The van der Waals surface area contributed by atoms with Gasteiger partial charge in [-0.3, -0.25) is 9.78 Å². The highest BCUT2D eigenvalue weighted by atomic mass is 35.5. The molecule has 6 heteroatoms. The summed E-state index contributed by atoms with van der Waals surface area (Å²) >= 11 is 0. The summed E-state index contributed by atoms with van der Waals surface area (Å²) in [4.78, 5) is 19.9. The minimum atomic E-state index is 0. The van der Waals surface area contributed by atoms with Crippen LogP contribution in [-0.4, -0.2) is 34.9 Å². The molecule has 2 N–H and O–H groups in total. The number of aromatic nitrogens is 1. The maximum absolute atomic E-state index is 13.2. The average molecular weight is 382 g/mol. The maximum atomic E-state index is 13.2. The lowest BCUT2D eigenvalue weighted by molar-refractivity contribution is 0.0743. The minimum absolute atomic E-state index is 0. The lowest BCUT2D eigenvalue weighted by Gasteiger charge is -2.24. The van der Waals surface area contributed by atoms with Gasteiger partial charge >= 0.3 is 0 Å². The standard InChI is InChI=1S/C19H23N3O.2ClH/c1-12-4-7-17-15(9-12)16(10-18(21-17)13-5-6-13)19(23)22-8-2-3-14(22)11-20;;/h4,7,9-10,13-14H,2-3,5-6,8,11,20H2,1H3;2*1H. The summed E-state index contributed by atoms with van der Waals surface area (Å²) < 4.78 is 0. The number of rotatable bonds is 3. The molecule has 2 heterocycles. The second-order valence-corrected chi connectivity index (χ2v) is 6.92. The van der Waals surface area contributed by atoms with Crippen LogP contribution in [0, 0.1) is 6.92 Å². The van der Waals surface area contributed by atoms with E-state index in [0.717, 1.165) is 47.1 Å². The molecule has 2 aromatic rings. The van der Waals surface area contributed by atoms with E-state index < -0.39 is 0 Å². The Bertz CT molecular complexity index is 777. The zero-order valence-electron chi connectivity index (χ0n) is 14.4. The van der Waals surface area contributed by atoms with Crippen LogP contribution in [0.2, 0.25) is 0 Å². The van der Waals surface area contributed by atoms with Crippen molar-refractivity contribution in [3.8, 4) is 0 Å². The number of pyridine rings is 1. The summed E-state index contributed by atoms with van der Waals surface area (Å²) in [7, 11) is 0. The van der Waals surface area contributed by atoms with Gasteiger partial charge in [0.2, 0.25) is 0 Å². The van der Waals surface area contributed by atoms with Gasteiger partial charge in [-0.15, -0.1) is 24.8 Å². The fourth-order valence-corrected chi connectivity index (χ4v) is 3.63. The Balaban J connectivity index is 0.00000113. The number of carbonyl (C=O) groups is 1. The van der Waals surface area contributed by atoms with Gasteiger partial charge in [0, 0.05) is 36.1 Å². The molecule has 1 aromatic carbocycles. The molecule has 2 aliphatic rings. The van der Waals surface area contributed by atoms with E-state index in [2.05, 4.69) is 19.1 Å². The van der Waals surface area contributed by atoms with Gasteiger partial charge in [-0.2, -0.15) is 0 Å². The molecule has 0 radical (unpaired) electrons. The fourth-order valence-electron chi connectivity index (χ4n) is 3.63. The molecular weight excluding hydrogens is 357 g/mol. The lowest BCUT2D eigenvalue weighted by atomic mass is 10.0. The van der Waals surface area contributed by atoms with Gasteiger partial charge in [-0.05, 0) is 50.8 Å². The van der Waals surface area contributed by atoms with Crippen molar-refractivity contribution in [2.45, 2.75) is 44.6 Å². The van der Waals surface area contributed by atoms with Crippen molar-refractivity contribution in [2.75, 3.05) is 13.1 Å². The summed E-state index contributed by atoms with van der Waals surface area (Å²) in [5.41, 5.74) is 9.84. The first-order chi connectivity index (χ1) is 11.2. The zero-order valence-corrected chi connectivity index (χ0v) is 16.0. The minimum Gasteiger partial charge on any atom is -0.334 e. The summed E-state index contributed by atoms with van der Waals surface area (Å²) in [5, 5.41) is 0.974. The topological polar surface area (TPSA) is 59.2 Å². The van der Waals surface area contributed by atoms with Gasteiger partial charge < -0.3 is 10.6 Å². The van der Waals surface area contributed by atoms with Crippen LogP contribution in [0.25, 0.3) is 10.9 Å². The SMILES string of the molecule is Cc1ccc2nc(C3CC3)cc(C(=O)N3CCCC3CN)c2c1.Cl.Cl. The van der Waals surface area contributed by atoms with E-state index in [1.807, 2.05) is 17.0 Å². The molecule has 0 spiro atoms. The summed E-state index contributed by atoms with van der Waals surface area (Å²) in [6.45, 7) is 3.42. The molecule has 136 valence electrons. The Morgan fingerprint density at radius 2 is 2.00 bits per heavy atom. The van der Waals surface area contributed by atoms with Gasteiger partial charge in [0.05, 0.1) is 11.1 Å². The number of likely N-dealkylation sites (tertiary alicyclic amines) is 1. The van der Waals surface area contributed by atoms with Crippen molar-refractivity contribution in [3.63, 3.8) is 0 Å². The van der Waals surface area contributed by atoms with Crippen LogP contribution in [0.5, 0.6) is 0 Å². The van der Waals surface area contributed by atoms with Crippen LogP contribution in [0.3, 0.4) is 0 Å². The molecule has 4 nitrogen and oxygen atoms in total. The lowest BCUT2D eigenvalue weighted by Crippen LogP contribution is -2.40. The number of carbonyl (C=O) groups excluding carboxylic acids is 1. The van der Waals surface area contributed by atoms with Crippen LogP contribution in [0.4, 0.5) is 0 Å². The van der Waals surface area contributed by atoms with Crippen molar-refractivity contribution in [1.82, 2.24) is 9.88 Å². The summed E-state index contributed by atoms with van der Waals surface area (Å²) in [5.74, 6) is 0.661. The second kappa shape index (κ2) is 7.90. The average Bonchev–Trinajstić information content (AvgIpc) is 3.30. The predicted octanol–water partition coefficient (Wildman–Crippen LogP) is 3.83. The second-order valence-electron chi connectivity index (χ2n) is 6.92. The molecule has 25 heavy (non-hydrogen) atoms. The third kappa shape index (κ3) is 3.76. The molecule has 1 aliphatic heterocycles. The first-order valence-corrected chi connectivity index (χ1v) is 8.59. The molecular formula is C19H25Cl2N3O. The number of benzene rings is 1. The quantitative estimate of drug-likeness (QED) is 0.878. The number of aryl methyl sites for hydroxylation is 1. The Labute approximate surface area is 161 Å². The molecule has 1 saturated heterocycles. The van der Waals surface area contributed by atoms with Crippen molar-refractivity contribution >= 4 is 41.6 Å². The normalized spacial score (nSPS) is 19.4. The van der Waals surface area contributed by atoms with Gasteiger partial charge in [0.25, 0.3) is 5.91 Å². The molecule has 1 aromatic heterocycles. The number of nitrogens with two attached hydrogens (primary N) is 1. The van der Waals surface area contributed by atoms with E-state index in [1.54, 1.807) is 0 Å².